The van der Waals surface area contributed by atoms with Crippen LogP contribution >= 0.6 is 0 Å². The second-order valence-electron chi connectivity index (χ2n) is 3.39. The molecule has 3 N–H and O–H groups in total. The summed E-state index contributed by atoms with van der Waals surface area (Å²) in [6, 6.07) is 0. The van der Waals surface area contributed by atoms with Crippen LogP contribution in [0.4, 0.5) is 11.9 Å². The highest BCUT2D eigenvalue weighted by Gasteiger charge is 2.09. The van der Waals surface area contributed by atoms with Crippen LogP contribution in [0.15, 0.2) is 18.7 Å². The van der Waals surface area contributed by atoms with Gasteiger partial charge in [-0.1, -0.05) is 0 Å². The van der Waals surface area contributed by atoms with Crippen LogP contribution in [0.5, 0.6) is 0 Å². The Morgan fingerprint density at radius 1 is 1.41 bits per heavy atom. The Morgan fingerprint density at radius 2 is 2.24 bits per heavy atom. The maximum Gasteiger partial charge on any atom is 0.243 e. The Labute approximate surface area is 98.5 Å². The zero-order valence-corrected chi connectivity index (χ0v) is 9.70. The molecule has 8 heteroatoms. The number of hydrogen-bond donors (Lipinski definition) is 2. The first-order valence-corrected chi connectivity index (χ1v) is 5.16. The van der Waals surface area contributed by atoms with Gasteiger partial charge in [0.05, 0.1) is 0 Å². The average molecular weight is 234 g/mol. The van der Waals surface area contributed by atoms with E-state index in [9.17, 15) is 0 Å². The molecular formula is C9H14N8. The van der Waals surface area contributed by atoms with E-state index in [1.165, 1.54) is 0 Å². The van der Waals surface area contributed by atoms with Gasteiger partial charge in [0.1, 0.15) is 6.33 Å². The summed E-state index contributed by atoms with van der Waals surface area (Å²) < 4.78 is 1.69. The summed E-state index contributed by atoms with van der Waals surface area (Å²) in [6.07, 6.45) is 5.03. The molecule has 0 radical (unpaired) electrons. The van der Waals surface area contributed by atoms with Gasteiger partial charge >= 0.3 is 0 Å². The van der Waals surface area contributed by atoms with Crippen LogP contribution in [0.25, 0.3) is 5.95 Å². The Balaban J connectivity index is 2.46. The molecule has 0 spiro atoms. The molecule has 0 saturated carbocycles. The highest BCUT2D eigenvalue weighted by atomic mass is 15.4. The molecule has 2 heterocycles. The minimum atomic E-state index is 0.319. The Kier molecular flexibility index (Phi) is 3.15. The van der Waals surface area contributed by atoms with Crippen molar-refractivity contribution < 1.29 is 0 Å². The number of nitrogens with zero attached hydrogens (tertiary/aromatic N) is 6. The van der Waals surface area contributed by atoms with Crippen LogP contribution in [0.1, 0.15) is 6.92 Å². The van der Waals surface area contributed by atoms with Gasteiger partial charge in [-0.05, 0) is 6.92 Å². The lowest BCUT2D eigenvalue weighted by Crippen LogP contribution is -2.22. The minimum Gasteiger partial charge on any atom is -0.344 e. The Bertz CT molecular complexity index is 480. The first kappa shape index (κ1) is 11.3. The van der Waals surface area contributed by atoms with Crippen LogP contribution in [0.2, 0.25) is 0 Å². The molecule has 0 bridgehead atoms. The van der Waals surface area contributed by atoms with Crippen molar-refractivity contribution in [1.82, 2.24) is 24.5 Å². The maximum absolute atomic E-state index is 5.34. The fourth-order valence-electron chi connectivity index (χ4n) is 1.22. The highest BCUT2D eigenvalue weighted by Crippen LogP contribution is 2.11. The van der Waals surface area contributed by atoms with Gasteiger partial charge < -0.3 is 4.90 Å². The molecule has 0 amide bonds. The van der Waals surface area contributed by atoms with Crippen molar-refractivity contribution in [1.29, 1.82) is 0 Å². The highest BCUT2D eigenvalue weighted by molar-refractivity contribution is 5.38. The number of imidazole rings is 1. The molecule has 0 fully saturated rings. The fraction of sp³-hybridized carbons (Fsp3) is 0.333. The largest absolute Gasteiger partial charge is 0.344 e. The Morgan fingerprint density at radius 3 is 2.82 bits per heavy atom. The normalized spacial score (nSPS) is 10.3. The van der Waals surface area contributed by atoms with E-state index < -0.39 is 0 Å². The van der Waals surface area contributed by atoms with E-state index in [4.69, 9.17) is 5.84 Å². The van der Waals surface area contributed by atoms with Crippen molar-refractivity contribution in [2.45, 2.75) is 6.92 Å². The summed E-state index contributed by atoms with van der Waals surface area (Å²) in [4.78, 5) is 18.5. The standard InChI is InChI=1S/C9H14N8/c1-3-16(2)8-12-7(15-10)13-9(14-8)17-5-4-11-6-17/h4-6H,3,10H2,1-2H3,(H,12,13,14,15). The zero-order chi connectivity index (χ0) is 12.3. The number of nitrogens with one attached hydrogen (secondary N) is 1. The van der Waals surface area contributed by atoms with Crippen LogP contribution in [0, 0.1) is 0 Å². The van der Waals surface area contributed by atoms with Gasteiger partial charge in [0.15, 0.2) is 0 Å². The monoisotopic (exact) mass is 234 g/mol. The van der Waals surface area contributed by atoms with Crippen LogP contribution < -0.4 is 16.2 Å². The molecule has 90 valence electrons. The van der Waals surface area contributed by atoms with E-state index in [1.807, 2.05) is 18.9 Å². The second-order valence-corrected chi connectivity index (χ2v) is 3.39. The first-order valence-electron chi connectivity index (χ1n) is 5.16. The number of nitrogen functional groups attached to an aromatic ring is 1. The summed E-state index contributed by atoms with van der Waals surface area (Å²) >= 11 is 0. The van der Waals surface area contributed by atoms with Gasteiger partial charge in [-0.15, -0.1) is 0 Å². The van der Waals surface area contributed by atoms with Crippen LogP contribution in [-0.4, -0.2) is 38.1 Å². The number of nitrogens with two attached hydrogens (primary N) is 1. The van der Waals surface area contributed by atoms with Crippen molar-refractivity contribution in [2.75, 3.05) is 23.9 Å². The summed E-state index contributed by atoms with van der Waals surface area (Å²) in [5, 5.41) is 0. The third kappa shape index (κ3) is 2.31. The van der Waals surface area contributed by atoms with Gasteiger partial charge in [-0.2, -0.15) is 15.0 Å². The SMILES string of the molecule is CCN(C)c1nc(NN)nc(-n2ccnc2)n1. The summed E-state index contributed by atoms with van der Waals surface area (Å²) in [5.74, 6) is 6.68. The Hall–Kier alpha value is -2.22. The van der Waals surface area contributed by atoms with Crippen molar-refractivity contribution in [3.05, 3.63) is 18.7 Å². The fourth-order valence-corrected chi connectivity index (χ4v) is 1.22. The van der Waals surface area contributed by atoms with Crippen molar-refractivity contribution in [3.8, 4) is 5.95 Å². The van der Waals surface area contributed by atoms with Crippen LogP contribution in [-0.2, 0) is 0 Å². The predicted octanol–water partition coefficient (Wildman–Crippen LogP) is -0.201. The lowest BCUT2D eigenvalue weighted by molar-refractivity contribution is 0.841. The molecule has 2 rings (SSSR count). The molecule has 17 heavy (non-hydrogen) atoms. The van der Waals surface area contributed by atoms with Gasteiger partial charge in [-0.3, -0.25) is 9.99 Å². The second kappa shape index (κ2) is 4.74. The third-order valence-corrected chi connectivity index (χ3v) is 2.29. The molecule has 0 saturated heterocycles. The van der Waals surface area contributed by atoms with Gasteiger partial charge in [0, 0.05) is 26.0 Å². The van der Waals surface area contributed by atoms with E-state index in [2.05, 4.69) is 25.4 Å². The van der Waals surface area contributed by atoms with E-state index in [0.29, 0.717) is 17.8 Å². The van der Waals surface area contributed by atoms with Gasteiger partial charge in [0.25, 0.3) is 0 Å². The molecule has 0 aromatic carbocycles. The van der Waals surface area contributed by atoms with Crippen molar-refractivity contribution >= 4 is 11.9 Å². The summed E-state index contributed by atoms with van der Waals surface area (Å²) in [7, 11) is 1.90. The number of hydrogen-bond acceptors (Lipinski definition) is 7. The number of rotatable bonds is 4. The number of hydrazine groups is 1. The zero-order valence-electron chi connectivity index (χ0n) is 9.70. The smallest absolute Gasteiger partial charge is 0.243 e. The molecule has 0 unspecified atom stereocenters. The van der Waals surface area contributed by atoms with Crippen molar-refractivity contribution in [2.24, 2.45) is 5.84 Å². The molecule has 0 aliphatic heterocycles. The van der Waals surface area contributed by atoms with E-state index in [-0.39, 0.29) is 0 Å². The van der Waals surface area contributed by atoms with Gasteiger partial charge in [-0.25, -0.2) is 10.8 Å². The van der Waals surface area contributed by atoms with Crippen LogP contribution in [0.3, 0.4) is 0 Å². The third-order valence-electron chi connectivity index (χ3n) is 2.29. The number of aromatic nitrogens is 5. The van der Waals surface area contributed by atoms with Gasteiger partial charge in [0.2, 0.25) is 17.8 Å². The topological polar surface area (TPSA) is 97.8 Å². The molecular weight excluding hydrogens is 220 g/mol. The predicted molar refractivity (Wildman–Crippen MR) is 63.7 cm³/mol. The number of anilines is 2. The maximum atomic E-state index is 5.34. The summed E-state index contributed by atoms with van der Waals surface area (Å²) in [5.41, 5.74) is 2.43. The molecule has 8 nitrogen and oxygen atoms in total. The van der Waals surface area contributed by atoms with E-state index >= 15 is 0 Å². The first-order chi connectivity index (χ1) is 8.24. The quantitative estimate of drug-likeness (QED) is 0.558. The molecule has 0 atom stereocenters. The lowest BCUT2D eigenvalue weighted by Gasteiger charge is -2.15. The van der Waals surface area contributed by atoms with E-state index in [0.717, 1.165) is 6.54 Å². The minimum absolute atomic E-state index is 0.319. The lowest BCUT2D eigenvalue weighted by atomic mass is 10.6. The molecule has 0 aliphatic carbocycles. The van der Waals surface area contributed by atoms with Crippen molar-refractivity contribution in [3.63, 3.8) is 0 Å². The molecule has 2 aromatic heterocycles. The summed E-state index contributed by atoms with van der Waals surface area (Å²) in [6.45, 7) is 2.80. The van der Waals surface area contributed by atoms with E-state index in [1.54, 1.807) is 23.3 Å². The molecule has 2 aromatic rings. The molecule has 0 aliphatic rings. The average Bonchev–Trinajstić information content (AvgIpc) is 2.91.